The van der Waals surface area contributed by atoms with Crippen molar-refractivity contribution in [1.82, 2.24) is 4.98 Å². The van der Waals surface area contributed by atoms with Gasteiger partial charge in [0.1, 0.15) is 5.69 Å². The number of H-pyrrole nitrogens is 1. The Morgan fingerprint density at radius 1 is 1.44 bits per heavy atom. The van der Waals surface area contributed by atoms with Crippen LogP contribution in [0.1, 0.15) is 17.4 Å². The average molecular weight is 258 g/mol. The fourth-order valence-corrected chi connectivity index (χ4v) is 2.16. The number of fused-ring (bicyclic) bond motifs is 1. The van der Waals surface area contributed by atoms with Gasteiger partial charge in [-0.05, 0) is 19.1 Å². The third-order valence-corrected chi connectivity index (χ3v) is 2.88. The first-order valence-corrected chi connectivity index (χ1v) is 5.53. The Labute approximate surface area is 102 Å². The van der Waals surface area contributed by atoms with E-state index >= 15 is 0 Å². The van der Waals surface area contributed by atoms with Crippen molar-refractivity contribution >= 4 is 40.1 Å². The predicted molar refractivity (Wildman–Crippen MR) is 64.3 cm³/mol. The maximum Gasteiger partial charge on any atom is 0.356 e. The first-order valence-electron chi connectivity index (χ1n) is 4.78. The van der Waals surface area contributed by atoms with E-state index in [1.165, 1.54) is 0 Å². The number of ether oxygens (including phenoxy) is 1. The molecule has 0 saturated heterocycles. The number of carbonyl (C=O) groups is 1. The van der Waals surface area contributed by atoms with E-state index in [9.17, 15) is 4.79 Å². The third kappa shape index (κ3) is 1.77. The van der Waals surface area contributed by atoms with Gasteiger partial charge in [-0.15, -0.1) is 0 Å². The van der Waals surface area contributed by atoms with Gasteiger partial charge in [-0.2, -0.15) is 0 Å². The fraction of sp³-hybridized carbons (Fsp3) is 0.182. The van der Waals surface area contributed by atoms with Crippen molar-refractivity contribution in [1.29, 1.82) is 0 Å². The van der Waals surface area contributed by atoms with E-state index in [1.54, 1.807) is 25.1 Å². The Morgan fingerprint density at radius 3 is 2.81 bits per heavy atom. The molecule has 0 aliphatic heterocycles. The van der Waals surface area contributed by atoms with E-state index in [1.807, 2.05) is 0 Å². The normalized spacial score (nSPS) is 10.7. The van der Waals surface area contributed by atoms with E-state index in [4.69, 9.17) is 27.9 Å². The molecule has 84 valence electrons. The van der Waals surface area contributed by atoms with E-state index in [-0.39, 0.29) is 5.69 Å². The quantitative estimate of drug-likeness (QED) is 0.835. The summed E-state index contributed by atoms with van der Waals surface area (Å²) in [4.78, 5) is 14.5. The van der Waals surface area contributed by atoms with Gasteiger partial charge in [0.05, 0.1) is 16.7 Å². The van der Waals surface area contributed by atoms with Gasteiger partial charge < -0.3 is 9.72 Å². The molecule has 0 saturated carbocycles. The topological polar surface area (TPSA) is 42.1 Å². The highest BCUT2D eigenvalue weighted by Crippen LogP contribution is 2.33. The van der Waals surface area contributed by atoms with Gasteiger partial charge in [0.2, 0.25) is 0 Å². The maximum atomic E-state index is 11.6. The van der Waals surface area contributed by atoms with Crippen molar-refractivity contribution in [2.24, 2.45) is 0 Å². The second kappa shape index (κ2) is 4.36. The largest absolute Gasteiger partial charge is 0.461 e. The summed E-state index contributed by atoms with van der Waals surface area (Å²) >= 11 is 12.1. The number of aromatic amines is 1. The number of rotatable bonds is 2. The summed E-state index contributed by atoms with van der Waals surface area (Å²) in [6.07, 6.45) is 0. The van der Waals surface area contributed by atoms with Gasteiger partial charge in [-0.25, -0.2) is 4.79 Å². The molecule has 0 radical (unpaired) electrons. The van der Waals surface area contributed by atoms with Gasteiger partial charge in [0.15, 0.2) is 0 Å². The van der Waals surface area contributed by atoms with Crippen molar-refractivity contribution in [3.05, 3.63) is 33.9 Å². The average Bonchev–Trinajstić information content (AvgIpc) is 2.58. The van der Waals surface area contributed by atoms with Gasteiger partial charge in [-0.3, -0.25) is 0 Å². The molecular weight excluding hydrogens is 249 g/mol. The molecule has 3 nitrogen and oxygen atoms in total. The van der Waals surface area contributed by atoms with Crippen LogP contribution in [-0.2, 0) is 4.74 Å². The summed E-state index contributed by atoms with van der Waals surface area (Å²) in [5.41, 5.74) is 0.965. The van der Waals surface area contributed by atoms with E-state index in [0.29, 0.717) is 22.0 Å². The molecule has 0 atom stereocenters. The van der Waals surface area contributed by atoms with E-state index in [0.717, 1.165) is 5.52 Å². The molecule has 1 aromatic carbocycles. The molecular formula is C11H9Cl2NO2. The van der Waals surface area contributed by atoms with Crippen LogP contribution in [0.25, 0.3) is 10.9 Å². The molecule has 0 aliphatic rings. The molecule has 0 amide bonds. The van der Waals surface area contributed by atoms with E-state index < -0.39 is 5.97 Å². The number of benzene rings is 1. The number of carbonyl (C=O) groups excluding carboxylic acids is 1. The first-order chi connectivity index (χ1) is 7.65. The van der Waals surface area contributed by atoms with Crippen molar-refractivity contribution in [2.45, 2.75) is 6.92 Å². The molecule has 16 heavy (non-hydrogen) atoms. The summed E-state index contributed by atoms with van der Waals surface area (Å²) in [5.74, 6) is -0.472. The minimum absolute atomic E-state index is 0.242. The highest BCUT2D eigenvalue weighted by Gasteiger charge is 2.18. The lowest BCUT2D eigenvalue weighted by molar-refractivity contribution is 0.0521. The van der Waals surface area contributed by atoms with Crippen LogP contribution in [-0.4, -0.2) is 17.6 Å². The predicted octanol–water partition coefficient (Wildman–Crippen LogP) is 3.65. The molecule has 5 heteroatoms. The highest BCUT2D eigenvalue weighted by molar-refractivity contribution is 6.44. The Balaban J connectivity index is 2.61. The number of hydrogen-bond donors (Lipinski definition) is 1. The van der Waals surface area contributed by atoms with Gasteiger partial charge in [0, 0.05) is 10.9 Å². The van der Waals surface area contributed by atoms with Crippen LogP contribution in [0, 0.1) is 0 Å². The molecule has 2 aromatic rings. The summed E-state index contributed by atoms with van der Waals surface area (Å²) in [7, 11) is 0. The highest BCUT2D eigenvalue weighted by atomic mass is 35.5. The van der Waals surface area contributed by atoms with Crippen LogP contribution in [0.3, 0.4) is 0 Å². The smallest absolute Gasteiger partial charge is 0.356 e. The molecule has 0 fully saturated rings. The zero-order valence-electron chi connectivity index (χ0n) is 8.51. The Morgan fingerprint density at radius 2 is 2.19 bits per heavy atom. The molecule has 0 spiro atoms. The lowest BCUT2D eigenvalue weighted by Crippen LogP contribution is -2.05. The van der Waals surface area contributed by atoms with Crippen LogP contribution in [0.4, 0.5) is 0 Å². The summed E-state index contributed by atoms with van der Waals surface area (Å²) in [6.45, 7) is 2.04. The second-order valence-corrected chi connectivity index (χ2v) is 3.98. The van der Waals surface area contributed by atoms with Gasteiger partial charge in [0.25, 0.3) is 0 Å². The molecule has 0 aliphatic carbocycles. The summed E-state index contributed by atoms with van der Waals surface area (Å²) < 4.78 is 4.88. The molecule has 1 aromatic heterocycles. The minimum atomic E-state index is -0.472. The minimum Gasteiger partial charge on any atom is -0.461 e. The number of esters is 1. The number of hydrogen-bond acceptors (Lipinski definition) is 2. The number of nitrogens with one attached hydrogen (secondary N) is 1. The molecule has 1 N–H and O–H groups in total. The molecule has 0 bridgehead atoms. The van der Waals surface area contributed by atoms with Crippen molar-refractivity contribution in [3.8, 4) is 0 Å². The van der Waals surface area contributed by atoms with Crippen LogP contribution >= 0.6 is 23.2 Å². The number of aromatic nitrogens is 1. The van der Waals surface area contributed by atoms with Crippen LogP contribution < -0.4 is 0 Å². The fourth-order valence-electron chi connectivity index (χ4n) is 1.51. The first kappa shape index (κ1) is 11.3. The zero-order chi connectivity index (χ0) is 11.7. The van der Waals surface area contributed by atoms with Crippen LogP contribution in [0.15, 0.2) is 18.2 Å². The zero-order valence-corrected chi connectivity index (χ0v) is 10.0. The molecule has 1 heterocycles. The second-order valence-electron chi connectivity index (χ2n) is 3.20. The van der Waals surface area contributed by atoms with Crippen LogP contribution in [0.2, 0.25) is 10.0 Å². The Kier molecular flexibility index (Phi) is 3.08. The van der Waals surface area contributed by atoms with Crippen molar-refractivity contribution in [3.63, 3.8) is 0 Å². The van der Waals surface area contributed by atoms with Gasteiger partial charge >= 0.3 is 5.97 Å². The lowest BCUT2D eigenvalue weighted by Gasteiger charge is -1.98. The molecule has 0 unspecified atom stereocenters. The van der Waals surface area contributed by atoms with E-state index in [2.05, 4.69) is 4.98 Å². The lowest BCUT2D eigenvalue weighted by atomic mass is 10.2. The third-order valence-electron chi connectivity index (χ3n) is 2.19. The standard InChI is InChI=1S/C11H9Cl2NO2/c1-2-16-11(15)10-9(13)8-6(12)4-3-5-7(8)14-10/h3-5,14H,2H2,1H3. The monoisotopic (exact) mass is 257 g/mol. The van der Waals surface area contributed by atoms with Crippen LogP contribution in [0.5, 0.6) is 0 Å². The van der Waals surface area contributed by atoms with Gasteiger partial charge in [-0.1, -0.05) is 29.3 Å². The van der Waals surface area contributed by atoms with Crippen molar-refractivity contribution < 1.29 is 9.53 Å². The summed E-state index contributed by atoms with van der Waals surface area (Å²) in [5, 5.41) is 1.46. The number of halogens is 2. The Hall–Kier alpha value is -1.19. The molecule has 2 rings (SSSR count). The summed E-state index contributed by atoms with van der Waals surface area (Å²) in [6, 6.07) is 5.31. The SMILES string of the molecule is CCOC(=O)c1[nH]c2cccc(Cl)c2c1Cl. The Bertz CT molecular complexity index is 548. The van der Waals surface area contributed by atoms with Crippen molar-refractivity contribution in [2.75, 3.05) is 6.61 Å². The maximum absolute atomic E-state index is 11.6.